The first-order chi connectivity index (χ1) is 13.1. The molecular weight excluding hydrogens is 368 g/mol. The zero-order valence-electron chi connectivity index (χ0n) is 14.8. The van der Waals surface area contributed by atoms with Gasteiger partial charge in [-0.25, -0.2) is 0 Å². The number of hydrogen-bond donors (Lipinski definition) is 0. The van der Waals surface area contributed by atoms with Crippen molar-refractivity contribution in [3.8, 4) is 17.1 Å². The zero-order chi connectivity index (χ0) is 19.2. The molecule has 1 aromatic heterocycles. The number of rotatable bonds is 8. The van der Waals surface area contributed by atoms with E-state index in [0.29, 0.717) is 23.0 Å². The Hall–Kier alpha value is -2.67. The van der Waals surface area contributed by atoms with E-state index in [2.05, 4.69) is 21.5 Å². The second kappa shape index (κ2) is 8.81. The van der Waals surface area contributed by atoms with Gasteiger partial charge in [0.15, 0.2) is 11.0 Å². The van der Waals surface area contributed by atoms with Crippen LogP contribution >= 0.6 is 11.8 Å². The van der Waals surface area contributed by atoms with E-state index in [1.807, 2.05) is 35.8 Å². The van der Waals surface area contributed by atoms with Crippen molar-refractivity contribution in [2.45, 2.75) is 31.0 Å². The second-order valence-electron chi connectivity index (χ2n) is 5.85. The van der Waals surface area contributed by atoms with Crippen molar-refractivity contribution >= 4 is 11.8 Å². The fourth-order valence-corrected chi connectivity index (χ4v) is 3.60. The summed E-state index contributed by atoms with van der Waals surface area (Å²) in [6, 6.07) is 14.8. The molecule has 0 fully saturated rings. The van der Waals surface area contributed by atoms with Gasteiger partial charge in [-0.15, -0.1) is 16.8 Å². The number of nitrogens with zero attached hydrogens (tertiary/aromatic N) is 3. The van der Waals surface area contributed by atoms with Gasteiger partial charge in [0.1, 0.15) is 5.75 Å². The van der Waals surface area contributed by atoms with Gasteiger partial charge >= 0.3 is 6.61 Å². The van der Waals surface area contributed by atoms with E-state index in [1.165, 1.54) is 17.8 Å². The number of alkyl halides is 2. The monoisotopic (exact) mass is 387 g/mol. The highest BCUT2D eigenvalue weighted by Crippen LogP contribution is 2.30. The number of hydrogen-bond acceptors (Lipinski definition) is 4. The molecule has 7 heteroatoms. The molecule has 0 bridgehead atoms. The second-order valence-corrected chi connectivity index (χ2v) is 6.79. The molecule has 3 aromatic rings. The molecular formula is C20H19F2N3OS. The van der Waals surface area contributed by atoms with Crippen molar-refractivity contribution in [2.75, 3.05) is 0 Å². The van der Waals surface area contributed by atoms with Gasteiger partial charge in [-0.3, -0.25) is 4.57 Å². The zero-order valence-corrected chi connectivity index (χ0v) is 15.6. The Kier molecular flexibility index (Phi) is 6.24. The van der Waals surface area contributed by atoms with Crippen LogP contribution in [-0.4, -0.2) is 21.4 Å². The minimum atomic E-state index is -2.85. The Morgan fingerprint density at radius 3 is 2.74 bits per heavy atom. The number of halogens is 2. The van der Waals surface area contributed by atoms with Crippen LogP contribution in [-0.2, 0) is 12.3 Å². The minimum absolute atomic E-state index is 0.175. The van der Waals surface area contributed by atoms with Crippen LogP contribution in [0.2, 0.25) is 0 Å². The number of benzene rings is 2. The molecule has 2 aromatic carbocycles. The van der Waals surface area contributed by atoms with Crippen LogP contribution < -0.4 is 4.74 Å². The topological polar surface area (TPSA) is 39.9 Å². The molecule has 0 atom stereocenters. The molecule has 27 heavy (non-hydrogen) atoms. The highest BCUT2D eigenvalue weighted by Gasteiger charge is 2.15. The molecule has 0 saturated carbocycles. The molecule has 0 aliphatic heterocycles. The van der Waals surface area contributed by atoms with Gasteiger partial charge in [0, 0.05) is 23.4 Å². The van der Waals surface area contributed by atoms with Crippen LogP contribution in [0.15, 0.2) is 66.3 Å². The third-order valence-electron chi connectivity index (χ3n) is 3.85. The molecule has 4 nitrogen and oxygen atoms in total. The maximum Gasteiger partial charge on any atom is 0.387 e. The Balaban J connectivity index is 1.85. The molecule has 0 radical (unpaired) electrons. The quantitative estimate of drug-likeness (QED) is 0.387. The van der Waals surface area contributed by atoms with E-state index in [0.717, 1.165) is 17.0 Å². The van der Waals surface area contributed by atoms with Crippen molar-refractivity contribution in [1.29, 1.82) is 0 Å². The minimum Gasteiger partial charge on any atom is -0.435 e. The molecule has 140 valence electrons. The molecule has 0 amide bonds. The van der Waals surface area contributed by atoms with Crippen molar-refractivity contribution in [2.24, 2.45) is 0 Å². The lowest BCUT2D eigenvalue weighted by Crippen LogP contribution is -2.04. The van der Waals surface area contributed by atoms with E-state index in [1.54, 1.807) is 24.3 Å². The van der Waals surface area contributed by atoms with Gasteiger partial charge in [-0.05, 0) is 19.1 Å². The molecule has 0 aliphatic carbocycles. The maximum atomic E-state index is 12.6. The molecule has 0 N–H and O–H groups in total. The number of thioether (sulfide) groups is 1. The fraction of sp³-hybridized carbons (Fsp3) is 0.200. The van der Waals surface area contributed by atoms with Gasteiger partial charge in [-0.2, -0.15) is 8.78 Å². The van der Waals surface area contributed by atoms with Crippen molar-refractivity contribution in [1.82, 2.24) is 14.8 Å². The smallest absolute Gasteiger partial charge is 0.387 e. The lowest BCUT2D eigenvalue weighted by atomic mass is 10.1. The average molecular weight is 387 g/mol. The molecule has 0 spiro atoms. The summed E-state index contributed by atoms with van der Waals surface area (Å²) in [5, 5.41) is 9.30. The Labute approximate surface area is 160 Å². The van der Waals surface area contributed by atoms with Gasteiger partial charge < -0.3 is 4.74 Å². The van der Waals surface area contributed by atoms with E-state index < -0.39 is 6.61 Å². The summed E-state index contributed by atoms with van der Waals surface area (Å²) in [6.07, 6.45) is 1.78. The summed E-state index contributed by atoms with van der Waals surface area (Å²) in [7, 11) is 0. The third-order valence-corrected chi connectivity index (χ3v) is 4.87. The standard InChI is InChI=1S/C20H19F2N3OS/c1-3-11-25-18(15-9-6-7-14(2)12-15)23-24-20(25)27-13-16-8-4-5-10-17(16)26-19(21)22/h3-10,12,19H,1,11,13H2,2H3. The lowest BCUT2D eigenvalue weighted by molar-refractivity contribution is -0.0503. The lowest BCUT2D eigenvalue weighted by Gasteiger charge is -2.11. The summed E-state index contributed by atoms with van der Waals surface area (Å²) in [6.45, 7) is 3.52. The Bertz CT molecular complexity index is 927. The summed E-state index contributed by atoms with van der Waals surface area (Å²) >= 11 is 1.42. The molecule has 3 rings (SSSR count). The van der Waals surface area contributed by atoms with Crippen LogP contribution in [0.3, 0.4) is 0 Å². The molecule has 0 unspecified atom stereocenters. The number of para-hydroxylation sites is 1. The van der Waals surface area contributed by atoms with E-state index in [-0.39, 0.29) is 5.75 Å². The maximum absolute atomic E-state index is 12.6. The van der Waals surface area contributed by atoms with Crippen LogP contribution in [0, 0.1) is 6.92 Å². The van der Waals surface area contributed by atoms with Crippen LogP contribution in [0.25, 0.3) is 11.4 Å². The van der Waals surface area contributed by atoms with Crippen molar-refractivity contribution in [3.63, 3.8) is 0 Å². The first kappa shape index (κ1) is 19.1. The summed E-state index contributed by atoms with van der Waals surface area (Å²) in [4.78, 5) is 0. The van der Waals surface area contributed by atoms with E-state index >= 15 is 0 Å². The number of allylic oxidation sites excluding steroid dienone is 1. The van der Waals surface area contributed by atoms with Crippen LogP contribution in [0.1, 0.15) is 11.1 Å². The first-order valence-electron chi connectivity index (χ1n) is 8.35. The normalized spacial score (nSPS) is 11.0. The summed E-state index contributed by atoms with van der Waals surface area (Å²) < 4.78 is 31.7. The van der Waals surface area contributed by atoms with Gasteiger partial charge in [-0.1, -0.05) is 59.8 Å². The third kappa shape index (κ3) is 4.74. The van der Waals surface area contributed by atoms with Gasteiger partial charge in [0.05, 0.1) is 0 Å². The summed E-state index contributed by atoms with van der Waals surface area (Å²) in [5.74, 6) is 1.36. The average Bonchev–Trinajstić information content (AvgIpc) is 3.04. The highest BCUT2D eigenvalue weighted by atomic mass is 32.2. The number of aryl methyl sites for hydroxylation is 1. The first-order valence-corrected chi connectivity index (χ1v) is 9.33. The molecule has 1 heterocycles. The summed E-state index contributed by atoms with van der Waals surface area (Å²) in [5.41, 5.74) is 2.78. The van der Waals surface area contributed by atoms with Crippen molar-refractivity contribution < 1.29 is 13.5 Å². The van der Waals surface area contributed by atoms with E-state index in [9.17, 15) is 8.78 Å². The highest BCUT2D eigenvalue weighted by molar-refractivity contribution is 7.98. The molecule has 0 saturated heterocycles. The predicted molar refractivity (Wildman–Crippen MR) is 103 cm³/mol. The van der Waals surface area contributed by atoms with Crippen LogP contribution in [0.4, 0.5) is 8.78 Å². The van der Waals surface area contributed by atoms with Gasteiger partial charge in [0.2, 0.25) is 0 Å². The number of aromatic nitrogens is 3. The number of ether oxygens (including phenoxy) is 1. The predicted octanol–water partition coefficient (Wildman–Crippen LogP) is 5.33. The van der Waals surface area contributed by atoms with E-state index in [4.69, 9.17) is 0 Å². The van der Waals surface area contributed by atoms with Crippen molar-refractivity contribution in [3.05, 3.63) is 72.3 Å². The van der Waals surface area contributed by atoms with Crippen LogP contribution in [0.5, 0.6) is 5.75 Å². The largest absolute Gasteiger partial charge is 0.435 e. The Morgan fingerprint density at radius 2 is 2.00 bits per heavy atom. The Morgan fingerprint density at radius 1 is 1.19 bits per heavy atom. The fourth-order valence-electron chi connectivity index (χ4n) is 2.66. The molecule has 0 aliphatic rings. The SMILES string of the molecule is C=CCn1c(SCc2ccccc2OC(F)F)nnc1-c1cccc(C)c1. The van der Waals surface area contributed by atoms with Gasteiger partial charge in [0.25, 0.3) is 0 Å².